The molecule has 5 rings (SSSR count). The van der Waals surface area contributed by atoms with E-state index in [2.05, 4.69) is 29.6 Å². The number of hydrogen-bond donors (Lipinski definition) is 1. The lowest BCUT2D eigenvalue weighted by Gasteiger charge is -2.11. The van der Waals surface area contributed by atoms with Crippen LogP contribution >= 0.6 is 0 Å². The van der Waals surface area contributed by atoms with E-state index in [1.807, 2.05) is 62.4 Å². The van der Waals surface area contributed by atoms with Gasteiger partial charge in [-0.3, -0.25) is 4.98 Å². The van der Waals surface area contributed by atoms with Gasteiger partial charge >= 0.3 is 0 Å². The van der Waals surface area contributed by atoms with E-state index in [4.69, 9.17) is 20.2 Å². The van der Waals surface area contributed by atoms with Crippen molar-refractivity contribution >= 4 is 5.69 Å². The molecule has 0 unspecified atom stereocenters. The monoisotopic (exact) mass is 536 g/mol. The van der Waals surface area contributed by atoms with Gasteiger partial charge in [0.2, 0.25) is 0 Å². The number of halogens is 1. The first-order valence-corrected chi connectivity index (χ1v) is 13.3. The summed E-state index contributed by atoms with van der Waals surface area (Å²) in [6, 6.07) is 21.7. The summed E-state index contributed by atoms with van der Waals surface area (Å²) >= 11 is 0. The average Bonchev–Trinajstić information content (AvgIpc) is 3.36. The van der Waals surface area contributed by atoms with Crippen molar-refractivity contribution in [2.45, 2.75) is 40.7 Å². The summed E-state index contributed by atoms with van der Waals surface area (Å²) in [5.74, 6) is 3.15. The van der Waals surface area contributed by atoms with Crippen molar-refractivity contribution in [2.75, 3.05) is 5.73 Å². The van der Waals surface area contributed by atoms with Crippen molar-refractivity contribution in [2.24, 2.45) is 5.92 Å². The lowest BCUT2D eigenvalue weighted by molar-refractivity contribution is 0.300. The number of rotatable bonds is 9. The van der Waals surface area contributed by atoms with E-state index in [1.165, 1.54) is 12.1 Å². The molecule has 0 saturated heterocycles. The van der Waals surface area contributed by atoms with Gasteiger partial charge < -0.3 is 19.8 Å². The van der Waals surface area contributed by atoms with Crippen LogP contribution < -0.4 is 15.2 Å². The summed E-state index contributed by atoms with van der Waals surface area (Å²) in [6.45, 7) is 8.63. The summed E-state index contributed by atoms with van der Waals surface area (Å²) in [4.78, 5) is 9.45. The molecule has 0 spiro atoms. The average molecular weight is 537 g/mol. The number of aromatic nitrogens is 3. The zero-order chi connectivity index (χ0) is 28.2. The van der Waals surface area contributed by atoms with Crippen LogP contribution in [0.25, 0.3) is 16.9 Å². The third-order valence-electron chi connectivity index (χ3n) is 6.74. The molecule has 0 radical (unpaired) electrons. The Labute approximate surface area is 234 Å². The van der Waals surface area contributed by atoms with Gasteiger partial charge in [0.05, 0.1) is 11.4 Å². The van der Waals surface area contributed by atoms with Crippen LogP contribution in [0.15, 0.2) is 85.2 Å². The molecule has 2 heterocycles. The topological polar surface area (TPSA) is 75.2 Å². The lowest BCUT2D eigenvalue weighted by atomic mass is 10.1. The molecule has 2 aromatic heterocycles. The third kappa shape index (κ3) is 6.15. The summed E-state index contributed by atoms with van der Waals surface area (Å²) in [6.07, 6.45) is 4.67. The van der Waals surface area contributed by atoms with Crippen LogP contribution in [-0.4, -0.2) is 14.5 Å². The van der Waals surface area contributed by atoms with Gasteiger partial charge in [0.1, 0.15) is 35.5 Å². The number of imidazole rings is 1. The van der Waals surface area contributed by atoms with Gasteiger partial charge in [0.25, 0.3) is 0 Å². The Balaban J connectivity index is 1.33. The van der Waals surface area contributed by atoms with Crippen molar-refractivity contribution in [1.82, 2.24) is 14.5 Å². The largest absolute Gasteiger partial charge is 0.487 e. The molecule has 40 heavy (non-hydrogen) atoms. The van der Waals surface area contributed by atoms with Crippen LogP contribution in [0, 0.1) is 25.6 Å². The van der Waals surface area contributed by atoms with E-state index >= 15 is 0 Å². The van der Waals surface area contributed by atoms with E-state index in [1.54, 1.807) is 18.3 Å². The van der Waals surface area contributed by atoms with Crippen molar-refractivity contribution in [1.29, 1.82) is 0 Å². The molecule has 7 heteroatoms. The minimum Gasteiger partial charge on any atom is -0.487 e. The molecule has 0 aliphatic carbocycles. The molecule has 0 amide bonds. The molecule has 6 nitrogen and oxygen atoms in total. The fourth-order valence-electron chi connectivity index (χ4n) is 4.42. The number of ether oxygens (including phenoxy) is 2. The highest BCUT2D eigenvalue weighted by Crippen LogP contribution is 2.28. The Hall–Kier alpha value is -4.65. The van der Waals surface area contributed by atoms with Gasteiger partial charge in [0.15, 0.2) is 0 Å². The van der Waals surface area contributed by atoms with Gasteiger partial charge in [-0.2, -0.15) is 0 Å². The van der Waals surface area contributed by atoms with Crippen LogP contribution in [0.3, 0.4) is 0 Å². The zero-order valence-electron chi connectivity index (χ0n) is 23.2. The highest BCUT2D eigenvalue weighted by Gasteiger charge is 2.14. The highest BCUT2D eigenvalue weighted by molar-refractivity contribution is 5.61. The van der Waals surface area contributed by atoms with Crippen molar-refractivity contribution in [3.8, 4) is 34.2 Å². The smallest absolute Gasteiger partial charge is 0.131 e. The summed E-state index contributed by atoms with van der Waals surface area (Å²) in [5, 5.41) is 0. The predicted molar refractivity (Wildman–Crippen MR) is 156 cm³/mol. The number of benzene rings is 3. The second kappa shape index (κ2) is 11.6. The van der Waals surface area contributed by atoms with Gasteiger partial charge in [-0.05, 0) is 104 Å². The molecule has 2 N–H and O–H groups in total. The quantitative estimate of drug-likeness (QED) is 0.208. The number of nitrogens with zero attached hydrogens (tertiary/aromatic N) is 3. The Morgan fingerprint density at radius 3 is 2.15 bits per heavy atom. The third-order valence-corrected chi connectivity index (χ3v) is 6.74. The summed E-state index contributed by atoms with van der Waals surface area (Å²) in [5.41, 5.74) is 12.5. The van der Waals surface area contributed by atoms with Crippen LogP contribution in [0.2, 0.25) is 0 Å². The van der Waals surface area contributed by atoms with E-state index in [0.717, 1.165) is 57.4 Å². The first-order valence-electron chi connectivity index (χ1n) is 13.3. The first kappa shape index (κ1) is 26.9. The molecule has 0 saturated carbocycles. The van der Waals surface area contributed by atoms with Gasteiger partial charge in [-0.25, -0.2) is 9.37 Å². The second-order valence-corrected chi connectivity index (χ2v) is 10.3. The van der Waals surface area contributed by atoms with Crippen LogP contribution in [0.5, 0.6) is 17.2 Å². The SMILES string of the molecule is Cc1cnc(COc2ccc(-c3cn(-c4ccc(Oc5ccc(F)cc5)cc4)c(CC(C)C)n3)cc2)c(C)c1N. The molecule has 204 valence electrons. The van der Waals surface area contributed by atoms with E-state index < -0.39 is 0 Å². The van der Waals surface area contributed by atoms with Crippen LogP contribution in [0.4, 0.5) is 10.1 Å². The summed E-state index contributed by atoms with van der Waals surface area (Å²) in [7, 11) is 0. The van der Waals surface area contributed by atoms with Crippen LogP contribution in [-0.2, 0) is 13.0 Å². The minimum atomic E-state index is -0.293. The Kier molecular flexibility index (Phi) is 7.82. The molecule has 0 aliphatic rings. The van der Waals surface area contributed by atoms with E-state index in [9.17, 15) is 4.39 Å². The molecule has 0 aliphatic heterocycles. The van der Waals surface area contributed by atoms with Gasteiger partial charge in [0, 0.05) is 35.8 Å². The standard InChI is InChI=1S/C33H33FN4O2/c1-21(2)17-32-37-30(19-38(32)26-9-15-29(16-10-26)40-28-13-7-25(34)8-14-28)24-5-11-27(12-6-24)39-20-31-23(4)33(35)22(3)18-36-31/h5-16,18-19,21H,17,20H2,1-4H3,(H2,35,36). The molecule has 0 bridgehead atoms. The number of hydrogen-bond acceptors (Lipinski definition) is 5. The fraction of sp³-hybridized carbons (Fsp3) is 0.212. The Morgan fingerprint density at radius 2 is 1.50 bits per heavy atom. The van der Waals surface area contributed by atoms with E-state index in [-0.39, 0.29) is 5.82 Å². The van der Waals surface area contributed by atoms with Crippen LogP contribution in [0.1, 0.15) is 36.5 Å². The fourth-order valence-corrected chi connectivity index (χ4v) is 4.42. The zero-order valence-corrected chi connectivity index (χ0v) is 23.2. The Bertz CT molecular complexity index is 1590. The molecule has 5 aromatic rings. The minimum absolute atomic E-state index is 0.293. The molecule has 0 atom stereocenters. The summed E-state index contributed by atoms with van der Waals surface area (Å²) < 4.78 is 27.2. The number of anilines is 1. The van der Waals surface area contributed by atoms with Crippen molar-refractivity contribution < 1.29 is 13.9 Å². The predicted octanol–water partition coefficient (Wildman–Crippen LogP) is 7.84. The van der Waals surface area contributed by atoms with E-state index in [0.29, 0.717) is 24.0 Å². The normalized spacial score (nSPS) is 11.2. The van der Waals surface area contributed by atoms with Gasteiger partial charge in [-0.1, -0.05) is 13.8 Å². The number of nitrogen functional groups attached to an aromatic ring is 1. The molecule has 3 aromatic carbocycles. The molecular formula is C33H33FN4O2. The number of aryl methyl sites for hydroxylation is 1. The maximum Gasteiger partial charge on any atom is 0.131 e. The highest BCUT2D eigenvalue weighted by atomic mass is 19.1. The van der Waals surface area contributed by atoms with Crippen molar-refractivity contribution in [3.63, 3.8) is 0 Å². The maximum absolute atomic E-state index is 13.2. The first-order chi connectivity index (χ1) is 19.3. The molecule has 0 fully saturated rings. The number of pyridine rings is 1. The maximum atomic E-state index is 13.2. The Morgan fingerprint density at radius 1 is 0.875 bits per heavy atom. The second-order valence-electron chi connectivity index (χ2n) is 10.3. The molecular weight excluding hydrogens is 503 g/mol. The lowest BCUT2D eigenvalue weighted by Crippen LogP contribution is -2.05. The van der Waals surface area contributed by atoms with Gasteiger partial charge in [-0.15, -0.1) is 0 Å². The van der Waals surface area contributed by atoms with Crippen molar-refractivity contribution in [3.05, 3.63) is 114 Å². The number of nitrogens with two attached hydrogens (primary N) is 1.